The highest BCUT2D eigenvalue weighted by Crippen LogP contribution is 2.25. The number of amides is 3. The van der Waals surface area contributed by atoms with Crippen LogP contribution in [0.2, 0.25) is 0 Å². The molecule has 0 unspecified atom stereocenters. The Labute approximate surface area is 147 Å². The van der Waals surface area contributed by atoms with Gasteiger partial charge in [0, 0.05) is 36.4 Å². The van der Waals surface area contributed by atoms with Gasteiger partial charge in [-0.25, -0.2) is 4.79 Å². The normalized spacial score (nSPS) is 16.3. The Kier molecular flexibility index (Phi) is 4.14. The van der Waals surface area contributed by atoms with Crippen LogP contribution in [-0.2, 0) is 19.4 Å². The lowest BCUT2D eigenvalue weighted by atomic mass is 9.98. The van der Waals surface area contributed by atoms with Crippen LogP contribution < -0.4 is 10.6 Å². The predicted octanol–water partition coefficient (Wildman–Crippen LogP) is 2.95. The molecule has 0 spiro atoms. The van der Waals surface area contributed by atoms with Gasteiger partial charge in [0.1, 0.15) is 0 Å². The van der Waals surface area contributed by atoms with Crippen molar-refractivity contribution in [2.75, 3.05) is 18.4 Å². The lowest BCUT2D eigenvalue weighted by Gasteiger charge is -2.26. The molecule has 128 valence electrons. The van der Waals surface area contributed by atoms with E-state index in [4.69, 9.17) is 0 Å². The summed E-state index contributed by atoms with van der Waals surface area (Å²) in [6.45, 7) is 1.92. The minimum atomic E-state index is -0.0906. The SMILES string of the molecule is O=C1NCc2c(NC(=O)N3CCCc4ccccc4CC3)cccc21. The van der Waals surface area contributed by atoms with E-state index in [1.807, 2.05) is 17.0 Å². The number of nitrogens with zero attached hydrogens (tertiary/aromatic N) is 1. The van der Waals surface area contributed by atoms with Gasteiger partial charge >= 0.3 is 6.03 Å². The van der Waals surface area contributed by atoms with E-state index in [1.54, 1.807) is 6.07 Å². The Morgan fingerprint density at radius 2 is 1.80 bits per heavy atom. The van der Waals surface area contributed by atoms with Crippen molar-refractivity contribution in [2.24, 2.45) is 0 Å². The van der Waals surface area contributed by atoms with Crippen molar-refractivity contribution in [2.45, 2.75) is 25.8 Å². The minimum absolute atomic E-state index is 0.0750. The van der Waals surface area contributed by atoms with Gasteiger partial charge in [-0.1, -0.05) is 30.3 Å². The largest absolute Gasteiger partial charge is 0.348 e. The second kappa shape index (κ2) is 6.59. The fourth-order valence-corrected chi connectivity index (χ4v) is 3.64. The van der Waals surface area contributed by atoms with Crippen LogP contribution in [-0.4, -0.2) is 29.9 Å². The summed E-state index contributed by atoms with van der Waals surface area (Å²) >= 11 is 0. The molecule has 0 aromatic heterocycles. The summed E-state index contributed by atoms with van der Waals surface area (Å²) < 4.78 is 0. The molecule has 2 aliphatic rings. The first-order chi connectivity index (χ1) is 12.2. The monoisotopic (exact) mass is 335 g/mol. The smallest absolute Gasteiger partial charge is 0.321 e. The number of benzene rings is 2. The molecule has 0 saturated carbocycles. The molecule has 0 atom stereocenters. The number of urea groups is 1. The molecule has 5 heteroatoms. The number of fused-ring (bicyclic) bond motifs is 2. The highest BCUT2D eigenvalue weighted by Gasteiger charge is 2.23. The van der Waals surface area contributed by atoms with Crippen molar-refractivity contribution >= 4 is 17.6 Å². The average Bonchev–Trinajstić information content (AvgIpc) is 2.98. The molecule has 3 amide bonds. The van der Waals surface area contributed by atoms with E-state index in [0.29, 0.717) is 18.7 Å². The molecule has 2 aliphatic heterocycles. The first kappa shape index (κ1) is 15.7. The van der Waals surface area contributed by atoms with E-state index < -0.39 is 0 Å². The summed E-state index contributed by atoms with van der Waals surface area (Å²) in [7, 11) is 0. The molecular formula is C20H21N3O2. The van der Waals surface area contributed by atoms with Crippen LogP contribution >= 0.6 is 0 Å². The first-order valence-corrected chi connectivity index (χ1v) is 8.75. The van der Waals surface area contributed by atoms with Gasteiger partial charge in [-0.05, 0) is 42.5 Å². The van der Waals surface area contributed by atoms with Crippen molar-refractivity contribution < 1.29 is 9.59 Å². The Morgan fingerprint density at radius 1 is 1.00 bits per heavy atom. The van der Waals surface area contributed by atoms with Crippen LogP contribution in [0.3, 0.4) is 0 Å². The topological polar surface area (TPSA) is 61.4 Å². The van der Waals surface area contributed by atoms with Crippen LogP contribution in [0.1, 0.15) is 33.5 Å². The van der Waals surface area contributed by atoms with E-state index in [2.05, 4.69) is 34.9 Å². The highest BCUT2D eigenvalue weighted by atomic mass is 16.2. The van der Waals surface area contributed by atoms with E-state index >= 15 is 0 Å². The van der Waals surface area contributed by atoms with Crippen LogP contribution in [0.25, 0.3) is 0 Å². The Morgan fingerprint density at radius 3 is 2.64 bits per heavy atom. The fraction of sp³-hybridized carbons (Fsp3) is 0.300. The second-order valence-electron chi connectivity index (χ2n) is 6.55. The zero-order valence-corrected chi connectivity index (χ0v) is 14.0. The van der Waals surface area contributed by atoms with Crippen LogP contribution in [0.5, 0.6) is 0 Å². The van der Waals surface area contributed by atoms with E-state index in [1.165, 1.54) is 11.1 Å². The molecule has 0 fully saturated rings. The quantitative estimate of drug-likeness (QED) is 0.842. The molecule has 0 bridgehead atoms. The third-order valence-electron chi connectivity index (χ3n) is 5.02. The molecule has 2 N–H and O–H groups in total. The maximum atomic E-state index is 12.7. The zero-order valence-electron chi connectivity index (χ0n) is 14.0. The summed E-state index contributed by atoms with van der Waals surface area (Å²) in [5, 5.41) is 5.80. The van der Waals surface area contributed by atoms with Crippen molar-refractivity contribution in [3.8, 4) is 0 Å². The van der Waals surface area contributed by atoms with Gasteiger partial charge in [-0.2, -0.15) is 0 Å². The number of nitrogens with one attached hydrogen (secondary N) is 2. The first-order valence-electron chi connectivity index (χ1n) is 8.75. The van der Waals surface area contributed by atoms with Gasteiger partial charge < -0.3 is 15.5 Å². The van der Waals surface area contributed by atoms with Gasteiger partial charge in [0.05, 0.1) is 0 Å². The lowest BCUT2D eigenvalue weighted by molar-refractivity contribution is 0.0965. The highest BCUT2D eigenvalue weighted by molar-refractivity contribution is 6.01. The molecule has 2 heterocycles. The van der Waals surface area contributed by atoms with E-state index in [9.17, 15) is 9.59 Å². The standard InChI is InChI=1S/C20H21N3O2/c24-19-16-8-3-9-18(17(16)13-21-19)22-20(25)23-11-4-7-14-5-1-2-6-15(14)10-12-23/h1-3,5-6,8-9H,4,7,10-13H2,(H,21,24)(H,22,25). The predicted molar refractivity (Wildman–Crippen MR) is 96.7 cm³/mol. The number of rotatable bonds is 1. The Bertz CT molecular complexity index is 831. The Balaban J connectivity index is 1.48. The maximum absolute atomic E-state index is 12.7. The molecule has 5 nitrogen and oxygen atoms in total. The fourth-order valence-electron chi connectivity index (χ4n) is 3.64. The number of carbonyl (C=O) groups is 2. The van der Waals surface area contributed by atoms with Crippen LogP contribution in [0.15, 0.2) is 42.5 Å². The van der Waals surface area contributed by atoms with Crippen molar-refractivity contribution in [3.63, 3.8) is 0 Å². The third-order valence-corrected chi connectivity index (χ3v) is 5.02. The average molecular weight is 335 g/mol. The number of hydrogen-bond acceptors (Lipinski definition) is 2. The molecule has 0 saturated heterocycles. The minimum Gasteiger partial charge on any atom is -0.348 e. The molecule has 0 radical (unpaired) electrons. The van der Waals surface area contributed by atoms with Crippen molar-refractivity contribution in [1.82, 2.24) is 10.2 Å². The van der Waals surface area contributed by atoms with Crippen LogP contribution in [0, 0.1) is 0 Å². The van der Waals surface area contributed by atoms with Gasteiger partial charge in [0.15, 0.2) is 0 Å². The molecular weight excluding hydrogens is 314 g/mol. The third kappa shape index (κ3) is 3.09. The summed E-state index contributed by atoms with van der Waals surface area (Å²) in [6.07, 6.45) is 2.83. The Hall–Kier alpha value is -2.82. The van der Waals surface area contributed by atoms with Crippen molar-refractivity contribution in [3.05, 3.63) is 64.7 Å². The van der Waals surface area contributed by atoms with Gasteiger partial charge in [0.25, 0.3) is 5.91 Å². The van der Waals surface area contributed by atoms with Gasteiger partial charge in [0.2, 0.25) is 0 Å². The molecule has 2 aromatic rings. The van der Waals surface area contributed by atoms with E-state index in [0.717, 1.165) is 37.1 Å². The summed E-state index contributed by atoms with van der Waals surface area (Å²) in [5.74, 6) is -0.0750. The molecule has 4 rings (SSSR count). The van der Waals surface area contributed by atoms with Gasteiger partial charge in [-0.15, -0.1) is 0 Å². The summed E-state index contributed by atoms with van der Waals surface area (Å²) in [5.41, 5.74) is 4.98. The molecule has 25 heavy (non-hydrogen) atoms. The zero-order chi connectivity index (χ0) is 17.2. The lowest BCUT2D eigenvalue weighted by Crippen LogP contribution is -2.38. The van der Waals surface area contributed by atoms with Gasteiger partial charge in [-0.3, -0.25) is 4.79 Å². The van der Waals surface area contributed by atoms with Crippen molar-refractivity contribution in [1.29, 1.82) is 0 Å². The number of hydrogen-bond donors (Lipinski definition) is 2. The summed E-state index contributed by atoms with van der Waals surface area (Å²) in [4.78, 5) is 26.4. The number of anilines is 1. The second-order valence-corrected chi connectivity index (χ2v) is 6.55. The van der Waals surface area contributed by atoms with E-state index in [-0.39, 0.29) is 11.9 Å². The molecule has 0 aliphatic carbocycles. The number of carbonyl (C=O) groups excluding carboxylic acids is 2. The number of aryl methyl sites for hydroxylation is 1. The maximum Gasteiger partial charge on any atom is 0.321 e. The molecule has 2 aromatic carbocycles. The van der Waals surface area contributed by atoms with Crippen LogP contribution in [0.4, 0.5) is 10.5 Å². The summed E-state index contributed by atoms with van der Waals surface area (Å²) in [6, 6.07) is 13.8.